The number of aromatic amines is 1. The Hall–Kier alpha value is -3.22. The van der Waals surface area contributed by atoms with E-state index in [-0.39, 0.29) is 11.2 Å². The molecule has 0 bridgehead atoms. The van der Waals surface area contributed by atoms with E-state index in [9.17, 15) is 9.59 Å². The Bertz CT molecular complexity index is 1370. The van der Waals surface area contributed by atoms with Crippen molar-refractivity contribution in [2.45, 2.75) is 63.8 Å². The van der Waals surface area contributed by atoms with E-state index in [0.717, 1.165) is 11.9 Å². The highest BCUT2D eigenvalue weighted by molar-refractivity contribution is 5.84. The molecule has 0 saturated heterocycles. The van der Waals surface area contributed by atoms with Crippen molar-refractivity contribution in [3.05, 3.63) is 68.9 Å². The number of rotatable bonds is 5. The van der Waals surface area contributed by atoms with Gasteiger partial charge in [-0.15, -0.1) is 0 Å². The molecule has 166 valence electrons. The molecule has 1 fully saturated rings. The highest BCUT2D eigenvalue weighted by Crippen LogP contribution is 2.33. The van der Waals surface area contributed by atoms with E-state index in [1.165, 1.54) is 76.7 Å². The molecule has 32 heavy (non-hydrogen) atoms. The Morgan fingerprint density at radius 2 is 1.91 bits per heavy atom. The summed E-state index contributed by atoms with van der Waals surface area (Å²) in [6.45, 7) is 0.366. The summed E-state index contributed by atoms with van der Waals surface area (Å²) in [4.78, 5) is 37.0. The van der Waals surface area contributed by atoms with Gasteiger partial charge in [-0.2, -0.15) is 0 Å². The molecule has 0 radical (unpaired) electrons. The molecule has 0 spiro atoms. The van der Waals surface area contributed by atoms with Crippen LogP contribution in [0.4, 0.5) is 0 Å². The molecule has 1 N–H and O–H groups in total. The van der Waals surface area contributed by atoms with Gasteiger partial charge in [-0.3, -0.25) is 13.9 Å². The van der Waals surface area contributed by atoms with Crippen LogP contribution in [0.15, 0.2) is 46.5 Å². The van der Waals surface area contributed by atoms with Gasteiger partial charge >= 0.3 is 5.69 Å². The van der Waals surface area contributed by atoms with Crippen LogP contribution in [-0.4, -0.2) is 24.1 Å². The first kappa shape index (κ1) is 20.7. The first-order chi connectivity index (χ1) is 15.6. The van der Waals surface area contributed by atoms with E-state index in [1.54, 1.807) is 7.05 Å². The van der Waals surface area contributed by atoms with Crippen LogP contribution >= 0.6 is 0 Å². The minimum absolute atomic E-state index is 0.321. The van der Waals surface area contributed by atoms with Crippen molar-refractivity contribution in [3.63, 3.8) is 0 Å². The number of fused-ring (bicyclic) bond motifs is 2. The molecule has 5 rings (SSSR count). The topological polar surface area (TPSA) is 85.6 Å². The van der Waals surface area contributed by atoms with E-state index >= 15 is 0 Å². The van der Waals surface area contributed by atoms with Gasteiger partial charge < -0.3 is 4.98 Å². The normalized spacial score (nSPS) is 15.4. The van der Waals surface area contributed by atoms with Gasteiger partial charge in [-0.1, -0.05) is 31.7 Å². The highest BCUT2D eigenvalue weighted by atomic mass is 16.2. The number of benzene rings is 1. The third kappa shape index (κ3) is 3.76. The van der Waals surface area contributed by atoms with E-state index in [4.69, 9.17) is 0 Å². The maximum absolute atomic E-state index is 12.8. The Labute approximate surface area is 186 Å². The molecule has 7 heteroatoms. The van der Waals surface area contributed by atoms with E-state index in [2.05, 4.69) is 39.3 Å². The molecule has 0 atom stereocenters. The Morgan fingerprint density at radius 3 is 2.72 bits per heavy atom. The van der Waals surface area contributed by atoms with Crippen LogP contribution in [-0.2, 0) is 20.0 Å². The molecule has 3 heterocycles. The summed E-state index contributed by atoms with van der Waals surface area (Å²) in [5.74, 6) is 0.658. The summed E-state index contributed by atoms with van der Waals surface area (Å²) >= 11 is 0. The predicted molar refractivity (Wildman–Crippen MR) is 126 cm³/mol. The van der Waals surface area contributed by atoms with Gasteiger partial charge in [-0.25, -0.2) is 14.8 Å². The number of aromatic nitrogens is 5. The minimum Gasteiger partial charge on any atom is -0.361 e. The van der Waals surface area contributed by atoms with Gasteiger partial charge in [0.15, 0.2) is 5.65 Å². The predicted octanol–water partition coefficient (Wildman–Crippen LogP) is 4.04. The number of nitrogens with zero attached hydrogens (tertiary/aromatic N) is 4. The summed E-state index contributed by atoms with van der Waals surface area (Å²) in [5.41, 5.74) is 3.54. The SMILES string of the molecule is Cn1c(=O)n(CCCc2c[nH]c3ccc(C4CCCCCC4)cc23)c(=O)c2cncnc21. The lowest BCUT2D eigenvalue weighted by atomic mass is 9.90. The summed E-state index contributed by atoms with van der Waals surface area (Å²) in [6.07, 6.45) is 14.3. The number of aryl methyl sites for hydroxylation is 2. The summed E-state index contributed by atoms with van der Waals surface area (Å²) in [7, 11) is 1.64. The standard InChI is InChI=1S/C25H29N5O2/c1-29-23-21(15-26-16-28-23)24(31)30(25(29)32)12-6-9-19-14-27-22-11-10-18(13-20(19)22)17-7-4-2-3-5-8-17/h10-11,13-17,27H,2-9,12H2,1H3. The van der Waals surface area contributed by atoms with Gasteiger partial charge in [0.25, 0.3) is 5.56 Å². The smallest absolute Gasteiger partial charge is 0.332 e. The molecule has 4 aromatic rings. The minimum atomic E-state index is -0.337. The fraction of sp³-hybridized carbons (Fsp3) is 0.440. The lowest BCUT2D eigenvalue weighted by molar-refractivity contribution is 0.573. The van der Waals surface area contributed by atoms with Crippen LogP contribution in [0, 0.1) is 0 Å². The van der Waals surface area contributed by atoms with Crippen molar-refractivity contribution in [1.82, 2.24) is 24.1 Å². The molecule has 0 amide bonds. The third-order valence-electron chi connectivity index (χ3n) is 6.95. The monoisotopic (exact) mass is 431 g/mol. The Kier molecular flexibility index (Phi) is 5.64. The molecule has 0 unspecified atom stereocenters. The van der Waals surface area contributed by atoms with Crippen molar-refractivity contribution in [2.24, 2.45) is 7.05 Å². The third-order valence-corrected chi connectivity index (χ3v) is 6.95. The zero-order valence-electron chi connectivity index (χ0n) is 18.5. The van der Waals surface area contributed by atoms with Gasteiger partial charge in [0.1, 0.15) is 11.7 Å². The van der Waals surface area contributed by atoms with Crippen molar-refractivity contribution in [3.8, 4) is 0 Å². The molecule has 3 aromatic heterocycles. The summed E-state index contributed by atoms with van der Waals surface area (Å²) < 4.78 is 2.72. The molecule has 1 aliphatic carbocycles. The molecule has 1 saturated carbocycles. The number of hydrogen-bond acceptors (Lipinski definition) is 4. The first-order valence-corrected chi connectivity index (χ1v) is 11.6. The first-order valence-electron chi connectivity index (χ1n) is 11.6. The van der Waals surface area contributed by atoms with Crippen molar-refractivity contribution in [1.29, 1.82) is 0 Å². The second-order valence-corrected chi connectivity index (χ2v) is 8.97. The van der Waals surface area contributed by atoms with Gasteiger partial charge in [0.2, 0.25) is 0 Å². The lowest BCUT2D eigenvalue weighted by Crippen LogP contribution is -2.39. The average molecular weight is 432 g/mol. The fourth-order valence-electron chi connectivity index (χ4n) is 5.14. The van der Waals surface area contributed by atoms with Crippen molar-refractivity contribution in [2.75, 3.05) is 0 Å². The molecular weight excluding hydrogens is 402 g/mol. The average Bonchev–Trinajstić information content (AvgIpc) is 3.03. The summed E-state index contributed by atoms with van der Waals surface area (Å²) in [5, 5.41) is 1.63. The number of nitrogens with one attached hydrogen (secondary N) is 1. The van der Waals surface area contributed by atoms with E-state index < -0.39 is 0 Å². The molecule has 7 nitrogen and oxygen atoms in total. The van der Waals surface area contributed by atoms with E-state index in [1.807, 2.05) is 0 Å². The molecule has 1 aliphatic rings. The fourth-order valence-corrected chi connectivity index (χ4v) is 5.14. The van der Waals surface area contributed by atoms with Crippen LogP contribution in [0.3, 0.4) is 0 Å². The second-order valence-electron chi connectivity index (χ2n) is 8.97. The van der Waals surface area contributed by atoms with Crippen LogP contribution in [0.2, 0.25) is 0 Å². The maximum Gasteiger partial charge on any atom is 0.332 e. The number of H-pyrrole nitrogens is 1. The molecular formula is C25H29N5O2. The maximum atomic E-state index is 12.8. The van der Waals surface area contributed by atoms with Crippen molar-refractivity contribution >= 4 is 21.9 Å². The van der Waals surface area contributed by atoms with Crippen LogP contribution in [0.1, 0.15) is 62.0 Å². The molecule has 1 aromatic carbocycles. The zero-order chi connectivity index (χ0) is 22.1. The van der Waals surface area contributed by atoms with E-state index in [0.29, 0.717) is 29.9 Å². The second kappa shape index (κ2) is 8.73. The van der Waals surface area contributed by atoms with Gasteiger partial charge in [0, 0.05) is 36.9 Å². The highest BCUT2D eigenvalue weighted by Gasteiger charge is 2.16. The van der Waals surface area contributed by atoms with Gasteiger partial charge in [-0.05, 0) is 54.9 Å². The Balaban J connectivity index is 1.37. The quantitative estimate of drug-likeness (QED) is 0.483. The zero-order valence-corrected chi connectivity index (χ0v) is 18.5. The van der Waals surface area contributed by atoms with Crippen LogP contribution < -0.4 is 11.2 Å². The van der Waals surface area contributed by atoms with Crippen molar-refractivity contribution < 1.29 is 0 Å². The Morgan fingerprint density at radius 1 is 1.09 bits per heavy atom. The lowest BCUT2D eigenvalue weighted by Gasteiger charge is -2.15. The largest absolute Gasteiger partial charge is 0.361 e. The van der Waals surface area contributed by atoms with Crippen LogP contribution in [0.5, 0.6) is 0 Å². The van der Waals surface area contributed by atoms with Crippen LogP contribution in [0.25, 0.3) is 21.9 Å². The molecule has 0 aliphatic heterocycles. The number of hydrogen-bond donors (Lipinski definition) is 1. The van der Waals surface area contributed by atoms with Gasteiger partial charge in [0.05, 0.1) is 0 Å². The summed E-state index contributed by atoms with van der Waals surface area (Å²) in [6, 6.07) is 6.83.